The number of hydrogen-bond acceptors (Lipinski definition) is 5. The van der Waals surface area contributed by atoms with E-state index in [1.165, 1.54) is 19.2 Å². The summed E-state index contributed by atoms with van der Waals surface area (Å²) >= 11 is 0. The molecule has 2 rings (SSSR count). The average molecular weight is 365 g/mol. The first-order valence-electron chi connectivity index (χ1n) is 7.23. The highest BCUT2D eigenvalue weighted by Gasteiger charge is 2.22. The van der Waals surface area contributed by atoms with E-state index in [4.69, 9.17) is 4.74 Å². The molecule has 0 radical (unpaired) electrons. The number of para-hydroxylation sites is 2. The Balaban J connectivity index is 2.01. The highest BCUT2D eigenvalue weighted by molar-refractivity contribution is 7.92. The first-order chi connectivity index (χ1) is 11.8. The molecule has 0 fully saturated rings. The maximum Gasteiger partial charge on any atom is 0.239 e. The minimum absolute atomic E-state index is 0.0649. The Bertz CT molecular complexity index is 878. The first kappa shape index (κ1) is 18.6. The van der Waals surface area contributed by atoms with Gasteiger partial charge in [0.1, 0.15) is 23.1 Å². The van der Waals surface area contributed by atoms with Gasteiger partial charge in [-0.25, -0.2) is 12.8 Å². The van der Waals surface area contributed by atoms with Crippen LogP contribution in [-0.4, -0.2) is 38.7 Å². The molecule has 0 aliphatic heterocycles. The number of carbonyl (C=O) groups excluding carboxylic acids is 2. The number of sulfone groups is 1. The van der Waals surface area contributed by atoms with Gasteiger partial charge in [0.05, 0.1) is 12.8 Å². The van der Waals surface area contributed by atoms with Crippen molar-refractivity contribution in [1.29, 1.82) is 0 Å². The largest absolute Gasteiger partial charge is 0.495 e. The molecule has 0 spiro atoms. The third-order valence-electron chi connectivity index (χ3n) is 3.25. The van der Waals surface area contributed by atoms with E-state index < -0.39 is 38.9 Å². The van der Waals surface area contributed by atoms with E-state index >= 15 is 0 Å². The Kier molecular flexibility index (Phi) is 5.87. The van der Waals surface area contributed by atoms with Crippen LogP contribution in [0.15, 0.2) is 48.5 Å². The monoisotopic (exact) mass is 365 g/mol. The van der Waals surface area contributed by atoms with Crippen LogP contribution in [0.1, 0.15) is 10.4 Å². The van der Waals surface area contributed by atoms with Gasteiger partial charge < -0.3 is 10.1 Å². The Morgan fingerprint density at radius 3 is 2.32 bits per heavy atom. The van der Waals surface area contributed by atoms with Crippen LogP contribution in [0.4, 0.5) is 10.1 Å². The second kappa shape index (κ2) is 7.89. The maximum atomic E-state index is 12.8. The number of nitrogens with one attached hydrogen (secondary N) is 1. The number of benzene rings is 2. The molecule has 0 aromatic heterocycles. The van der Waals surface area contributed by atoms with Crippen molar-refractivity contribution in [3.63, 3.8) is 0 Å². The van der Waals surface area contributed by atoms with Crippen LogP contribution in [0.3, 0.4) is 0 Å². The van der Waals surface area contributed by atoms with Crippen LogP contribution in [0.2, 0.25) is 0 Å². The number of ether oxygens (including phenoxy) is 1. The van der Waals surface area contributed by atoms with Gasteiger partial charge in [0, 0.05) is 5.56 Å². The van der Waals surface area contributed by atoms with Gasteiger partial charge in [-0.15, -0.1) is 0 Å². The zero-order valence-corrected chi connectivity index (χ0v) is 14.2. The van der Waals surface area contributed by atoms with Gasteiger partial charge in [-0.2, -0.15) is 0 Å². The van der Waals surface area contributed by atoms with Crippen LogP contribution >= 0.6 is 0 Å². The van der Waals surface area contributed by atoms with Crippen LogP contribution in [0, 0.1) is 5.82 Å². The van der Waals surface area contributed by atoms with Crippen molar-refractivity contribution >= 4 is 27.2 Å². The summed E-state index contributed by atoms with van der Waals surface area (Å²) in [6, 6.07) is 11.1. The van der Waals surface area contributed by atoms with Crippen molar-refractivity contribution in [3.05, 3.63) is 59.9 Å². The number of carbonyl (C=O) groups is 2. The SMILES string of the molecule is COc1ccccc1NC(=O)CS(=O)(=O)CC(=O)c1ccc(F)cc1. The summed E-state index contributed by atoms with van der Waals surface area (Å²) in [6.07, 6.45) is 0. The highest BCUT2D eigenvalue weighted by atomic mass is 32.2. The minimum Gasteiger partial charge on any atom is -0.495 e. The van der Waals surface area contributed by atoms with Crippen LogP contribution in [0.5, 0.6) is 5.75 Å². The molecule has 0 aliphatic carbocycles. The predicted octanol–water partition coefficient (Wildman–Crippen LogP) is 2.07. The normalized spacial score (nSPS) is 11.0. The Morgan fingerprint density at radius 1 is 1.04 bits per heavy atom. The van der Waals surface area contributed by atoms with E-state index in [1.807, 2.05) is 0 Å². The molecule has 2 aromatic rings. The van der Waals surface area contributed by atoms with Crippen molar-refractivity contribution < 1.29 is 27.1 Å². The molecule has 0 bridgehead atoms. The minimum atomic E-state index is -3.97. The lowest BCUT2D eigenvalue weighted by atomic mass is 10.1. The van der Waals surface area contributed by atoms with Gasteiger partial charge in [0.2, 0.25) is 5.91 Å². The van der Waals surface area contributed by atoms with E-state index in [0.29, 0.717) is 11.4 Å². The second-order valence-corrected chi connectivity index (χ2v) is 7.28. The van der Waals surface area contributed by atoms with Crippen LogP contribution < -0.4 is 10.1 Å². The highest BCUT2D eigenvalue weighted by Crippen LogP contribution is 2.22. The molecule has 0 heterocycles. The van der Waals surface area contributed by atoms with E-state index in [0.717, 1.165) is 12.1 Å². The lowest BCUT2D eigenvalue weighted by molar-refractivity contribution is -0.113. The lowest BCUT2D eigenvalue weighted by Crippen LogP contribution is -2.27. The fraction of sp³-hybridized carbons (Fsp3) is 0.176. The van der Waals surface area contributed by atoms with Crippen molar-refractivity contribution in [2.75, 3.05) is 23.9 Å². The topological polar surface area (TPSA) is 89.5 Å². The standard InChI is InChI=1S/C17H16FNO5S/c1-24-16-5-3-2-4-14(16)19-17(21)11-25(22,23)10-15(20)12-6-8-13(18)9-7-12/h2-9H,10-11H2,1H3,(H,19,21). The molecule has 132 valence electrons. The van der Waals surface area contributed by atoms with Gasteiger partial charge in [0.25, 0.3) is 0 Å². The number of amides is 1. The van der Waals surface area contributed by atoms with Gasteiger partial charge in [-0.1, -0.05) is 12.1 Å². The number of halogens is 1. The number of ketones is 1. The third-order valence-corrected chi connectivity index (χ3v) is 4.65. The summed E-state index contributed by atoms with van der Waals surface area (Å²) < 4.78 is 42.0. The van der Waals surface area contributed by atoms with E-state index in [-0.39, 0.29) is 5.56 Å². The van der Waals surface area contributed by atoms with Gasteiger partial charge in [-0.3, -0.25) is 9.59 Å². The summed E-state index contributed by atoms with van der Waals surface area (Å²) in [5, 5.41) is 2.43. The molecule has 0 saturated carbocycles. The van der Waals surface area contributed by atoms with Crippen LogP contribution in [0.25, 0.3) is 0 Å². The van der Waals surface area contributed by atoms with E-state index in [1.54, 1.807) is 24.3 Å². The molecular weight excluding hydrogens is 349 g/mol. The lowest BCUT2D eigenvalue weighted by Gasteiger charge is -2.10. The fourth-order valence-corrected chi connectivity index (χ4v) is 3.24. The summed E-state index contributed by atoms with van der Waals surface area (Å²) in [4.78, 5) is 23.9. The van der Waals surface area contributed by atoms with Crippen molar-refractivity contribution in [1.82, 2.24) is 0 Å². The first-order valence-corrected chi connectivity index (χ1v) is 9.05. The zero-order chi connectivity index (χ0) is 18.4. The zero-order valence-electron chi connectivity index (χ0n) is 13.4. The molecule has 1 N–H and O–H groups in total. The van der Waals surface area contributed by atoms with Gasteiger partial charge in [0.15, 0.2) is 15.6 Å². The number of anilines is 1. The molecular formula is C17H16FNO5S. The average Bonchev–Trinajstić information content (AvgIpc) is 2.54. The van der Waals surface area contributed by atoms with Crippen molar-refractivity contribution in [2.45, 2.75) is 0 Å². The summed E-state index contributed by atoms with van der Waals surface area (Å²) in [6.45, 7) is 0. The molecule has 1 amide bonds. The smallest absolute Gasteiger partial charge is 0.239 e. The quantitative estimate of drug-likeness (QED) is 0.759. The number of rotatable bonds is 7. The molecule has 25 heavy (non-hydrogen) atoms. The predicted molar refractivity (Wildman–Crippen MR) is 91.0 cm³/mol. The van der Waals surface area contributed by atoms with Gasteiger partial charge in [-0.05, 0) is 36.4 Å². The maximum absolute atomic E-state index is 12.8. The molecule has 2 aromatic carbocycles. The van der Waals surface area contributed by atoms with E-state index in [9.17, 15) is 22.4 Å². The number of hydrogen-bond donors (Lipinski definition) is 1. The van der Waals surface area contributed by atoms with Crippen LogP contribution in [-0.2, 0) is 14.6 Å². The van der Waals surface area contributed by atoms with Crippen molar-refractivity contribution in [2.24, 2.45) is 0 Å². The summed E-state index contributed by atoms with van der Waals surface area (Å²) in [5.74, 6) is -3.32. The molecule has 0 unspecified atom stereocenters. The number of methoxy groups -OCH3 is 1. The Labute approximate surface area is 144 Å². The van der Waals surface area contributed by atoms with Crippen molar-refractivity contribution in [3.8, 4) is 5.75 Å². The summed E-state index contributed by atoms with van der Waals surface area (Å²) in [5.41, 5.74) is 0.394. The number of Topliss-reactive ketones (excluding diaryl/α,β-unsaturated/α-hetero) is 1. The molecule has 8 heteroatoms. The van der Waals surface area contributed by atoms with E-state index in [2.05, 4.69) is 5.32 Å². The Hall–Kier alpha value is -2.74. The van der Waals surface area contributed by atoms with Gasteiger partial charge >= 0.3 is 0 Å². The second-order valence-electron chi connectivity index (χ2n) is 5.21. The summed E-state index contributed by atoms with van der Waals surface area (Å²) in [7, 11) is -2.55. The molecule has 0 aliphatic rings. The fourth-order valence-electron chi connectivity index (χ4n) is 2.10. The third kappa shape index (κ3) is 5.39. The Morgan fingerprint density at radius 2 is 1.68 bits per heavy atom. The molecule has 0 atom stereocenters. The molecule has 0 saturated heterocycles. The molecule has 6 nitrogen and oxygen atoms in total.